The lowest BCUT2D eigenvalue weighted by Crippen LogP contribution is -2.39. The quantitative estimate of drug-likeness (QED) is 0.802. The summed E-state index contributed by atoms with van der Waals surface area (Å²) in [4.78, 5) is 4.75. The van der Waals surface area contributed by atoms with E-state index >= 15 is 0 Å². The summed E-state index contributed by atoms with van der Waals surface area (Å²) in [5, 5.41) is 0. The Morgan fingerprint density at radius 2 is 1.43 bits per heavy atom. The van der Waals surface area contributed by atoms with Gasteiger partial charge in [-0.2, -0.15) is 0 Å². The van der Waals surface area contributed by atoms with Crippen LogP contribution in [0.15, 0.2) is 65.7 Å². The Hall–Kier alpha value is -2.21. The fourth-order valence-electron chi connectivity index (χ4n) is 6.44. The van der Waals surface area contributed by atoms with Crippen molar-refractivity contribution in [3.63, 3.8) is 0 Å². The van der Waals surface area contributed by atoms with Crippen molar-refractivity contribution in [2.24, 2.45) is 28.7 Å². The first-order valence-electron chi connectivity index (χ1n) is 10.1. The molecule has 1 aliphatic carbocycles. The molecule has 4 heterocycles. The molecular formula is C23H21NO4. The molecule has 7 rings (SSSR count). The van der Waals surface area contributed by atoms with Gasteiger partial charge >= 0.3 is 0 Å². The highest BCUT2D eigenvalue weighted by Crippen LogP contribution is 2.74. The van der Waals surface area contributed by atoms with Gasteiger partial charge in [-0.25, -0.2) is 4.99 Å². The van der Waals surface area contributed by atoms with Crippen LogP contribution in [0.4, 0.5) is 0 Å². The molecule has 4 fully saturated rings. The molecule has 0 amide bonds. The van der Waals surface area contributed by atoms with E-state index in [0.717, 1.165) is 17.5 Å². The number of nitrogens with zero attached hydrogens (tertiary/aromatic N) is 1. The van der Waals surface area contributed by atoms with Crippen LogP contribution in [0.25, 0.3) is 0 Å². The SMILES string of the molecule is C/C1=N/[C@@H]2OC3(c4ccccc4)OC4(c5ccccc5)O[C@H](O1)C1CC2C3C14. The summed E-state index contributed by atoms with van der Waals surface area (Å²) in [6.45, 7) is 1.90. The largest absolute Gasteiger partial charge is 0.452 e. The average molecular weight is 375 g/mol. The molecule has 5 aliphatic rings. The van der Waals surface area contributed by atoms with Crippen LogP contribution in [-0.4, -0.2) is 18.4 Å². The van der Waals surface area contributed by atoms with Crippen LogP contribution in [-0.2, 0) is 30.5 Å². The van der Waals surface area contributed by atoms with Crippen molar-refractivity contribution >= 4 is 5.90 Å². The maximum Gasteiger partial charge on any atom is 0.207 e. The van der Waals surface area contributed by atoms with E-state index in [0.29, 0.717) is 11.8 Å². The van der Waals surface area contributed by atoms with Gasteiger partial charge in [-0.15, -0.1) is 0 Å². The van der Waals surface area contributed by atoms with Gasteiger partial charge in [-0.1, -0.05) is 60.7 Å². The Morgan fingerprint density at radius 3 is 2.11 bits per heavy atom. The summed E-state index contributed by atoms with van der Waals surface area (Å²) in [6, 6.07) is 20.6. The number of rotatable bonds is 2. The Balaban J connectivity index is 1.50. The molecule has 28 heavy (non-hydrogen) atoms. The first-order valence-corrected chi connectivity index (χ1v) is 10.1. The summed E-state index contributed by atoms with van der Waals surface area (Å²) >= 11 is 0. The van der Waals surface area contributed by atoms with Crippen LogP contribution in [0.2, 0.25) is 0 Å². The normalized spacial score (nSPS) is 48.8. The number of hydrogen-bond acceptors (Lipinski definition) is 5. The van der Waals surface area contributed by atoms with Crippen LogP contribution >= 0.6 is 0 Å². The second-order valence-electron chi connectivity index (χ2n) is 8.54. The molecule has 5 heteroatoms. The van der Waals surface area contributed by atoms with Crippen LogP contribution in [0.3, 0.4) is 0 Å². The highest BCUT2D eigenvalue weighted by molar-refractivity contribution is 5.73. The zero-order chi connectivity index (χ0) is 18.5. The predicted octanol–water partition coefficient (Wildman–Crippen LogP) is 3.75. The molecule has 3 saturated heterocycles. The van der Waals surface area contributed by atoms with E-state index in [4.69, 9.17) is 23.9 Å². The van der Waals surface area contributed by atoms with E-state index in [9.17, 15) is 0 Å². The van der Waals surface area contributed by atoms with E-state index in [-0.39, 0.29) is 30.3 Å². The minimum atomic E-state index is -0.853. The highest BCUT2D eigenvalue weighted by atomic mass is 16.8. The van der Waals surface area contributed by atoms with Gasteiger partial charge in [0.25, 0.3) is 0 Å². The first kappa shape index (κ1) is 15.7. The third kappa shape index (κ3) is 1.68. The third-order valence-electron chi connectivity index (χ3n) is 7.29. The number of benzene rings is 2. The van der Waals surface area contributed by atoms with Crippen LogP contribution < -0.4 is 0 Å². The predicted molar refractivity (Wildman–Crippen MR) is 99.8 cm³/mol. The topological polar surface area (TPSA) is 49.3 Å². The Labute approximate surface area is 163 Å². The number of hydrogen-bond donors (Lipinski definition) is 0. The molecule has 1 saturated carbocycles. The van der Waals surface area contributed by atoms with Crippen LogP contribution in [0.5, 0.6) is 0 Å². The molecule has 2 aromatic carbocycles. The maximum absolute atomic E-state index is 6.94. The van der Waals surface area contributed by atoms with Gasteiger partial charge in [-0.3, -0.25) is 0 Å². The molecule has 0 radical (unpaired) electrons. The molecule has 8 atom stereocenters. The maximum atomic E-state index is 6.94. The van der Waals surface area contributed by atoms with Crippen molar-refractivity contribution in [3.05, 3.63) is 71.8 Å². The van der Waals surface area contributed by atoms with E-state index in [2.05, 4.69) is 24.3 Å². The van der Waals surface area contributed by atoms with E-state index in [1.165, 1.54) is 0 Å². The standard InChI is InChI=1S/C23H21NO4/c1-13-24-20-16-12-17-19-18(16)22(26-20,14-8-4-2-5-9-14)28-23(19,27-21(17)25-13)15-10-6-3-7-11-15/h2-11,16-21H,12H2,1H3/b24-13-/t16?,17?,18?,19?,20-,21+,22?,23?/m1/s1. The van der Waals surface area contributed by atoms with Crippen molar-refractivity contribution in [2.45, 2.75) is 37.4 Å². The molecule has 0 N–H and O–H groups in total. The fraction of sp³-hybridized carbons (Fsp3) is 0.435. The Morgan fingerprint density at radius 1 is 0.821 bits per heavy atom. The third-order valence-corrected chi connectivity index (χ3v) is 7.29. The Kier molecular flexibility index (Phi) is 2.82. The second-order valence-corrected chi connectivity index (χ2v) is 8.54. The van der Waals surface area contributed by atoms with E-state index < -0.39 is 11.6 Å². The van der Waals surface area contributed by atoms with Gasteiger partial charge in [0.1, 0.15) is 0 Å². The minimum Gasteiger partial charge on any atom is -0.452 e. The first-order chi connectivity index (χ1) is 13.7. The van der Waals surface area contributed by atoms with Crippen molar-refractivity contribution in [1.29, 1.82) is 0 Å². The van der Waals surface area contributed by atoms with Crippen LogP contribution in [0.1, 0.15) is 24.5 Å². The molecule has 2 aromatic rings. The molecule has 4 aliphatic heterocycles. The molecule has 6 unspecified atom stereocenters. The van der Waals surface area contributed by atoms with Gasteiger partial charge in [-0.05, 0) is 6.42 Å². The lowest BCUT2D eigenvalue weighted by Gasteiger charge is -2.36. The van der Waals surface area contributed by atoms with Crippen molar-refractivity contribution in [2.75, 3.05) is 0 Å². The summed E-state index contributed by atoms with van der Waals surface area (Å²) in [7, 11) is 0. The van der Waals surface area contributed by atoms with Crippen molar-refractivity contribution in [1.82, 2.24) is 0 Å². The molecular weight excluding hydrogens is 354 g/mol. The molecule has 2 bridgehead atoms. The van der Waals surface area contributed by atoms with Crippen LogP contribution in [0, 0.1) is 23.7 Å². The molecule has 142 valence electrons. The molecule has 5 nitrogen and oxygen atoms in total. The van der Waals surface area contributed by atoms with Gasteiger partial charge < -0.3 is 18.9 Å². The van der Waals surface area contributed by atoms with Gasteiger partial charge in [0.05, 0.1) is 0 Å². The minimum absolute atomic E-state index is 0.177. The van der Waals surface area contributed by atoms with Gasteiger partial charge in [0.15, 0.2) is 12.1 Å². The molecule has 0 aromatic heterocycles. The summed E-state index contributed by atoms with van der Waals surface area (Å²) < 4.78 is 26.3. The number of aliphatic imine (C=N–C) groups is 1. The Bertz CT molecular complexity index is 979. The average Bonchev–Trinajstić information content (AvgIpc) is 3.41. The van der Waals surface area contributed by atoms with Crippen molar-refractivity contribution in [3.8, 4) is 0 Å². The van der Waals surface area contributed by atoms with Gasteiger partial charge in [0.2, 0.25) is 17.9 Å². The summed E-state index contributed by atoms with van der Waals surface area (Å²) in [6.07, 6.45) is 0.438. The second kappa shape index (κ2) is 5.03. The highest BCUT2D eigenvalue weighted by Gasteiger charge is 2.81. The zero-order valence-corrected chi connectivity index (χ0v) is 15.5. The fourth-order valence-corrected chi connectivity index (χ4v) is 6.44. The zero-order valence-electron chi connectivity index (χ0n) is 15.5. The van der Waals surface area contributed by atoms with Crippen molar-refractivity contribution < 1.29 is 18.9 Å². The van der Waals surface area contributed by atoms with E-state index in [1.54, 1.807) is 0 Å². The van der Waals surface area contributed by atoms with Gasteiger partial charge in [0, 0.05) is 41.7 Å². The summed E-state index contributed by atoms with van der Waals surface area (Å²) in [5.41, 5.74) is 2.09. The lowest BCUT2D eigenvalue weighted by molar-refractivity contribution is -0.353. The molecule has 0 spiro atoms. The monoisotopic (exact) mass is 375 g/mol. The lowest BCUT2D eigenvalue weighted by atomic mass is 9.78. The summed E-state index contributed by atoms with van der Waals surface area (Å²) in [5.74, 6) is -0.0983. The smallest absolute Gasteiger partial charge is 0.207 e. The number of ether oxygens (including phenoxy) is 4. The van der Waals surface area contributed by atoms with E-state index in [1.807, 2.05) is 43.3 Å².